The van der Waals surface area contributed by atoms with E-state index in [2.05, 4.69) is 38.6 Å². The van der Waals surface area contributed by atoms with Gasteiger partial charge in [-0.2, -0.15) is 0 Å². The van der Waals surface area contributed by atoms with Gasteiger partial charge in [-0.25, -0.2) is 9.97 Å². The summed E-state index contributed by atoms with van der Waals surface area (Å²) in [6.45, 7) is 10.5. The van der Waals surface area contributed by atoms with Crippen molar-refractivity contribution in [1.82, 2.24) is 9.97 Å². The quantitative estimate of drug-likeness (QED) is 0.338. The zero-order valence-corrected chi connectivity index (χ0v) is 13.6. The normalized spacial score (nSPS) is 11.4. The van der Waals surface area contributed by atoms with Crippen LogP contribution in [0.2, 0.25) is 0 Å². The van der Waals surface area contributed by atoms with Crippen LogP contribution in [0, 0.1) is 13.8 Å². The molecular weight excluding hydrogens is 280 g/mol. The molecule has 0 saturated carbocycles. The molecule has 0 radical (unpaired) electrons. The molecule has 112 valence electrons. The van der Waals surface area contributed by atoms with Gasteiger partial charge in [0.05, 0.1) is 22.1 Å². The third-order valence-corrected chi connectivity index (χ3v) is 4.48. The highest BCUT2D eigenvalue weighted by molar-refractivity contribution is 6.12. The van der Waals surface area contributed by atoms with Crippen molar-refractivity contribution in [2.45, 2.75) is 20.8 Å². The van der Waals surface area contributed by atoms with Crippen LogP contribution in [0.25, 0.3) is 38.4 Å². The SMILES string of the molecule is C=C(C)c1cc2c(C)ccc(C)c2c2nc3ccccc3nc12. The number of aromatic nitrogens is 2. The van der Waals surface area contributed by atoms with Gasteiger partial charge in [-0.3, -0.25) is 0 Å². The lowest BCUT2D eigenvalue weighted by Gasteiger charge is -2.13. The van der Waals surface area contributed by atoms with E-state index in [-0.39, 0.29) is 0 Å². The molecule has 1 aromatic heterocycles. The fourth-order valence-electron chi connectivity index (χ4n) is 3.23. The van der Waals surface area contributed by atoms with E-state index < -0.39 is 0 Å². The number of rotatable bonds is 1. The van der Waals surface area contributed by atoms with Crippen molar-refractivity contribution in [3.05, 3.63) is 65.7 Å². The van der Waals surface area contributed by atoms with Crippen LogP contribution in [0.15, 0.2) is 49.0 Å². The molecule has 0 aliphatic carbocycles. The van der Waals surface area contributed by atoms with Crippen LogP contribution < -0.4 is 0 Å². The van der Waals surface area contributed by atoms with Gasteiger partial charge in [0, 0.05) is 10.9 Å². The van der Waals surface area contributed by atoms with Crippen molar-refractivity contribution in [3.63, 3.8) is 0 Å². The van der Waals surface area contributed by atoms with E-state index >= 15 is 0 Å². The molecule has 2 nitrogen and oxygen atoms in total. The van der Waals surface area contributed by atoms with E-state index in [1.165, 1.54) is 21.9 Å². The first-order valence-corrected chi connectivity index (χ1v) is 7.81. The summed E-state index contributed by atoms with van der Waals surface area (Å²) < 4.78 is 0. The minimum absolute atomic E-state index is 0.923. The second-order valence-corrected chi connectivity index (χ2v) is 6.24. The fourth-order valence-corrected chi connectivity index (χ4v) is 3.23. The van der Waals surface area contributed by atoms with Gasteiger partial charge in [0.15, 0.2) is 0 Å². The maximum absolute atomic E-state index is 4.95. The molecule has 0 unspecified atom stereocenters. The highest BCUT2D eigenvalue weighted by Crippen LogP contribution is 2.34. The first-order valence-electron chi connectivity index (χ1n) is 7.81. The molecule has 0 spiro atoms. The average Bonchev–Trinajstić information content (AvgIpc) is 2.55. The Kier molecular flexibility index (Phi) is 2.95. The average molecular weight is 298 g/mol. The zero-order valence-electron chi connectivity index (χ0n) is 13.6. The van der Waals surface area contributed by atoms with Gasteiger partial charge in [0.1, 0.15) is 0 Å². The van der Waals surface area contributed by atoms with Crippen molar-refractivity contribution in [1.29, 1.82) is 0 Å². The Balaban J connectivity index is 2.34. The monoisotopic (exact) mass is 298 g/mol. The molecule has 1 heterocycles. The van der Waals surface area contributed by atoms with E-state index in [9.17, 15) is 0 Å². The molecule has 4 rings (SSSR count). The third-order valence-electron chi connectivity index (χ3n) is 4.48. The van der Waals surface area contributed by atoms with Crippen LogP contribution in [-0.2, 0) is 0 Å². The molecule has 0 fully saturated rings. The van der Waals surface area contributed by atoms with E-state index in [0.717, 1.165) is 33.2 Å². The zero-order chi connectivity index (χ0) is 16.1. The second-order valence-electron chi connectivity index (χ2n) is 6.24. The van der Waals surface area contributed by atoms with E-state index in [1.807, 2.05) is 31.2 Å². The second kappa shape index (κ2) is 4.88. The van der Waals surface area contributed by atoms with Crippen LogP contribution >= 0.6 is 0 Å². The predicted molar refractivity (Wildman–Crippen MR) is 98.7 cm³/mol. The molecule has 0 amide bonds. The van der Waals surface area contributed by atoms with Crippen LogP contribution in [-0.4, -0.2) is 9.97 Å². The van der Waals surface area contributed by atoms with E-state index in [0.29, 0.717) is 0 Å². The summed E-state index contributed by atoms with van der Waals surface area (Å²) >= 11 is 0. The number of benzene rings is 3. The Morgan fingerprint density at radius 1 is 0.870 bits per heavy atom. The number of fused-ring (bicyclic) bond motifs is 4. The van der Waals surface area contributed by atoms with Gasteiger partial charge in [-0.15, -0.1) is 0 Å². The van der Waals surface area contributed by atoms with Crippen molar-refractivity contribution < 1.29 is 0 Å². The van der Waals surface area contributed by atoms with E-state index in [1.54, 1.807) is 0 Å². The summed E-state index contributed by atoms with van der Waals surface area (Å²) in [5.74, 6) is 0. The molecule has 0 aliphatic heterocycles. The van der Waals surface area contributed by atoms with Crippen LogP contribution in [0.1, 0.15) is 23.6 Å². The minimum Gasteiger partial charge on any atom is -0.244 e. The molecule has 0 N–H and O–H groups in total. The predicted octanol–water partition coefficient (Wildman–Crippen LogP) is 5.59. The molecule has 0 aliphatic rings. The fraction of sp³-hybridized carbons (Fsp3) is 0.143. The number of hydrogen-bond acceptors (Lipinski definition) is 2. The van der Waals surface area contributed by atoms with Crippen molar-refractivity contribution in [2.75, 3.05) is 0 Å². The molecule has 2 heteroatoms. The van der Waals surface area contributed by atoms with Crippen molar-refractivity contribution >= 4 is 38.4 Å². The number of allylic oxidation sites excluding steroid dienone is 1. The van der Waals surface area contributed by atoms with Gasteiger partial charge < -0.3 is 0 Å². The Morgan fingerprint density at radius 3 is 2.13 bits per heavy atom. The highest BCUT2D eigenvalue weighted by Gasteiger charge is 2.14. The molecule has 4 aromatic rings. The number of nitrogens with zero attached hydrogens (tertiary/aromatic N) is 2. The van der Waals surface area contributed by atoms with Gasteiger partial charge in [-0.05, 0) is 61.1 Å². The lowest BCUT2D eigenvalue weighted by atomic mass is 9.94. The Hall–Kier alpha value is -2.74. The third kappa shape index (κ3) is 2.02. The van der Waals surface area contributed by atoms with Crippen LogP contribution in [0.4, 0.5) is 0 Å². The molecule has 0 saturated heterocycles. The summed E-state index contributed by atoms with van der Waals surface area (Å²) in [6.07, 6.45) is 0. The molecular formula is C21H18N2. The van der Waals surface area contributed by atoms with Crippen molar-refractivity contribution in [3.8, 4) is 0 Å². The molecule has 0 bridgehead atoms. The maximum Gasteiger partial charge on any atom is 0.0981 e. The van der Waals surface area contributed by atoms with Crippen LogP contribution in [0.5, 0.6) is 0 Å². The minimum atomic E-state index is 0.923. The molecule has 3 aromatic carbocycles. The van der Waals surface area contributed by atoms with Gasteiger partial charge in [0.2, 0.25) is 0 Å². The first-order chi connectivity index (χ1) is 11.1. The Labute approximate surface area is 135 Å². The summed E-state index contributed by atoms with van der Waals surface area (Å²) in [6, 6.07) is 14.6. The van der Waals surface area contributed by atoms with E-state index in [4.69, 9.17) is 9.97 Å². The molecule has 0 atom stereocenters. The summed E-state index contributed by atoms with van der Waals surface area (Å²) in [7, 11) is 0. The van der Waals surface area contributed by atoms with Gasteiger partial charge in [0.25, 0.3) is 0 Å². The van der Waals surface area contributed by atoms with Gasteiger partial charge >= 0.3 is 0 Å². The van der Waals surface area contributed by atoms with Gasteiger partial charge in [-0.1, -0.05) is 30.8 Å². The number of aryl methyl sites for hydroxylation is 2. The topological polar surface area (TPSA) is 25.8 Å². The van der Waals surface area contributed by atoms with Crippen LogP contribution in [0.3, 0.4) is 0 Å². The molecule has 23 heavy (non-hydrogen) atoms. The first kappa shape index (κ1) is 13.9. The Bertz CT molecular complexity index is 1110. The van der Waals surface area contributed by atoms with Crippen molar-refractivity contribution in [2.24, 2.45) is 0 Å². The number of para-hydroxylation sites is 2. The smallest absolute Gasteiger partial charge is 0.0981 e. The number of hydrogen-bond donors (Lipinski definition) is 0. The largest absolute Gasteiger partial charge is 0.244 e. The highest BCUT2D eigenvalue weighted by atomic mass is 14.8. The maximum atomic E-state index is 4.95. The Morgan fingerprint density at radius 2 is 1.48 bits per heavy atom. The lowest BCUT2D eigenvalue weighted by molar-refractivity contribution is 1.38. The lowest BCUT2D eigenvalue weighted by Crippen LogP contribution is -1.95. The summed E-state index contributed by atoms with van der Waals surface area (Å²) in [4.78, 5) is 9.84. The summed E-state index contributed by atoms with van der Waals surface area (Å²) in [5, 5.41) is 2.43. The standard InChI is InChI=1S/C21H18N2/c1-12(2)15-11-16-13(3)9-10-14(4)19(16)21-20(15)22-17-7-5-6-8-18(17)23-21/h5-11H,1H2,2-4H3. The summed E-state index contributed by atoms with van der Waals surface area (Å²) in [5.41, 5.74) is 8.35.